The lowest BCUT2D eigenvalue weighted by atomic mass is 9.82. The van der Waals surface area contributed by atoms with Crippen molar-refractivity contribution in [1.82, 2.24) is 19.5 Å². The van der Waals surface area contributed by atoms with Gasteiger partial charge >= 0.3 is 0 Å². The Morgan fingerprint density at radius 1 is 0.385 bits per heavy atom. The van der Waals surface area contributed by atoms with Crippen molar-refractivity contribution in [2.24, 2.45) is 0 Å². The van der Waals surface area contributed by atoms with Crippen LogP contribution in [0.15, 0.2) is 170 Å². The first-order valence-corrected chi connectivity index (χ1v) is 17.8. The Balaban J connectivity index is 1.14. The average Bonchev–Trinajstić information content (AvgIpc) is 3.65. The van der Waals surface area contributed by atoms with Crippen LogP contribution in [0, 0.1) is 0 Å². The molecule has 0 atom stereocenters. The Bertz CT molecular complexity index is 2800. The summed E-state index contributed by atoms with van der Waals surface area (Å²) in [6, 6.07) is 60.0. The molecule has 246 valence electrons. The average molecular weight is 667 g/mol. The van der Waals surface area contributed by atoms with Gasteiger partial charge in [-0.25, -0.2) is 15.0 Å². The Labute approximate surface area is 302 Å². The summed E-state index contributed by atoms with van der Waals surface area (Å²) in [4.78, 5) is 15.2. The third kappa shape index (κ3) is 4.79. The molecule has 4 heteroatoms. The molecule has 2 aromatic heterocycles. The van der Waals surface area contributed by atoms with Crippen LogP contribution in [-0.2, 0) is 5.41 Å². The first kappa shape index (κ1) is 30.2. The first-order valence-electron chi connectivity index (χ1n) is 17.8. The Hall–Kier alpha value is -6.65. The smallest absolute Gasteiger partial charge is 0.164 e. The lowest BCUT2D eigenvalue weighted by molar-refractivity contribution is 0.661. The summed E-state index contributed by atoms with van der Waals surface area (Å²) in [7, 11) is 0. The number of hydrogen-bond acceptors (Lipinski definition) is 3. The second-order valence-corrected chi connectivity index (χ2v) is 14.1. The van der Waals surface area contributed by atoms with Crippen molar-refractivity contribution < 1.29 is 0 Å². The molecular formula is C48H34N4. The first-order chi connectivity index (χ1) is 25.5. The van der Waals surface area contributed by atoms with Gasteiger partial charge in [0.2, 0.25) is 0 Å². The second-order valence-electron chi connectivity index (χ2n) is 14.1. The molecular weight excluding hydrogens is 633 g/mol. The molecule has 0 saturated heterocycles. The topological polar surface area (TPSA) is 43.6 Å². The molecule has 9 aromatic rings. The minimum atomic E-state index is -0.0715. The Morgan fingerprint density at radius 3 is 1.69 bits per heavy atom. The molecule has 0 N–H and O–H groups in total. The molecule has 10 rings (SSSR count). The van der Waals surface area contributed by atoms with Crippen molar-refractivity contribution >= 4 is 21.8 Å². The summed E-state index contributed by atoms with van der Waals surface area (Å²) >= 11 is 0. The molecule has 0 radical (unpaired) electrons. The zero-order chi connectivity index (χ0) is 34.8. The van der Waals surface area contributed by atoms with E-state index in [9.17, 15) is 0 Å². The number of hydrogen-bond donors (Lipinski definition) is 0. The summed E-state index contributed by atoms with van der Waals surface area (Å²) in [5.41, 5.74) is 13.9. The van der Waals surface area contributed by atoms with Gasteiger partial charge < -0.3 is 4.57 Å². The fraction of sp³-hybridized carbons (Fsp3) is 0.0625. The number of para-hydroxylation sites is 1. The molecule has 0 spiro atoms. The summed E-state index contributed by atoms with van der Waals surface area (Å²) in [5.74, 6) is 1.92. The van der Waals surface area contributed by atoms with Gasteiger partial charge in [0.15, 0.2) is 17.5 Å². The van der Waals surface area contributed by atoms with Crippen LogP contribution >= 0.6 is 0 Å². The van der Waals surface area contributed by atoms with Crippen LogP contribution in [0.5, 0.6) is 0 Å². The van der Waals surface area contributed by atoms with Crippen LogP contribution in [0.25, 0.3) is 83.9 Å². The minimum Gasteiger partial charge on any atom is -0.309 e. The second kappa shape index (κ2) is 11.7. The zero-order valence-electron chi connectivity index (χ0n) is 29.0. The normalized spacial score (nSPS) is 13.0. The van der Waals surface area contributed by atoms with E-state index in [-0.39, 0.29) is 5.41 Å². The van der Waals surface area contributed by atoms with Crippen molar-refractivity contribution in [1.29, 1.82) is 0 Å². The van der Waals surface area contributed by atoms with Crippen molar-refractivity contribution in [2.45, 2.75) is 19.3 Å². The van der Waals surface area contributed by atoms with Gasteiger partial charge in [-0.3, -0.25) is 0 Å². The van der Waals surface area contributed by atoms with E-state index in [1.54, 1.807) is 0 Å². The standard InChI is InChI=1S/C48H34N4/c1-48(2)41-22-11-9-20-37(41)39-30-44-40(29-42(39)48)38-21-10-12-23-43(38)52(44)36-19-13-18-35(28-36)47-50-45(33-16-7-4-8-17-33)49-46(51-47)34-26-24-32(25-27-34)31-14-5-3-6-15-31/h3-30H,1-2H3. The fourth-order valence-corrected chi connectivity index (χ4v) is 8.02. The van der Waals surface area contributed by atoms with Gasteiger partial charge in [-0.05, 0) is 63.7 Å². The van der Waals surface area contributed by atoms with Crippen LogP contribution in [0.3, 0.4) is 0 Å². The zero-order valence-corrected chi connectivity index (χ0v) is 29.0. The Kier molecular flexibility index (Phi) is 6.80. The van der Waals surface area contributed by atoms with E-state index >= 15 is 0 Å². The molecule has 7 aromatic carbocycles. The molecule has 0 aliphatic heterocycles. The molecule has 1 aliphatic carbocycles. The maximum Gasteiger partial charge on any atom is 0.164 e. The van der Waals surface area contributed by atoms with Gasteiger partial charge in [0, 0.05) is 38.6 Å². The maximum absolute atomic E-state index is 5.11. The van der Waals surface area contributed by atoms with Crippen LogP contribution < -0.4 is 0 Å². The highest BCUT2D eigenvalue weighted by atomic mass is 15.0. The van der Waals surface area contributed by atoms with Crippen LogP contribution in [0.4, 0.5) is 0 Å². The van der Waals surface area contributed by atoms with Crippen LogP contribution in [-0.4, -0.2) is 19.5 Å². The molecule has 0 bridgehead atoms. The molecule has 2 heterocycles. The van der Waals surface area contributed by atoms with Gasteiger partial charge in [0.1, 0.15) is 0 Å². The highest BCUT2D eigenvalue weighted by Crippen LogP contribution is 2.51. The SMILES string of the molecule is CC1(C)c2ccccc2-c2cc3c(cc21)c1ccccc1n3-c1cccc(-c2nc(-c3ccccc3)nc(-c3ccc(-c4ccccc4)cc3)n2)c1. The largest absolute Gasteiger partial charge is 0.309 e. The van der Waals surface area contributed by atoms with E-state index in [0.29, 0.717) is 17.5 Å². The molecule has 0 saturated carbocycles. The van der Waals surface area contributed by atoms with E-state index in [2.05, 4.69) is 152 Å². The van der Waals surface area contributed by atoms with Crippen LogP contribution in [0.2, 0.25) is 0 Å². The van der Waals surface area contributed by atoms with Crippen molar-refractivity contribution in [3.05, 3.63) is 181 Å². The lowest BCUT2D eigenvalue weighted by Gasteiger charge is -2.21. The monoisotopic (exact) mass is 666 g/mol. The summed E-state index contributed by atoms with van der Waals surface area (Å²) in [6.07, 6.45) is 0. The fourth-order valence-electron chi connectivity index (χ4n) is 8.02. The molecule has 0 fully saturated rings. The molecule has 0 unspecified atom stereocenters. The lowest BCUT2D eigenvalue weighted by Crippen LogP contribution is -2.14. The van der Waals surface area contributed by atoms with Crippen molar-refractivity contribution in [3.63, 3.8) is 0 Å². The van der Waals surface area contributed by atoms with E-state index < -0.39 is 0 Å². The number of nitrogens with zero attached hydrogens (tertiary/aromatic N) is 4. The predicted octanol–water partition coefficient (Wildman–Crippen LogP) is 11.9. The third-order valence-corrected chi connectivity index (χ3v) is 10.7. The number of aromatic nitrogens is 4. The van der Waals surface area contributed by atoms with Gasteiger partial charge in [0.05, 0.1) is 11.0 Å². The van der Waals surface area contributed by atoms with Gasteiger partial charge in [-0.2, -0.15) is 0 Å². The minimum absolute atomic E-state index is 0.0715. The number of benzene rings is 7. The molecule has 0 amide bonds. The van der Waals surface area contributed by atoms with Crippen LogP contribution in [0.1, 0.15) is 25.0 Å². The van der Waals surface area contributed by atoms with Crippen molar-refractivity contribution in [3.8, 4) is 62.1 Å². The highest BCUT2D eigenvalue weighted by molar-refractivity contribution is 6.11. The van der Waals surface area contributed by atoms with Gasteiger partial charge in [-0.15, -0.1) is 0 Å². The van der Waals surface area contributed by atoms with Crippen molar-refractivity contribution in [2.75, 3.05) is 0 Å². The number of rotatable bonds is 5. The van der Waals surface area contributed by atoms with E-state index in [0.717, 1.165) is 27.9 Å². The third-order valence-electron chi connectivity index (χ3n) is 10.7. The molecule has 4 nitrogen and oxygen atoms in total. The van der Waals surface area contributed by atoms with E-state index in [4.69, 9.17) is 15.0 Å². The number of fused-ring (bicyclic) bond motifs is 6. The molecule has 1 aliphatic rings. The van der Waals surface area contributed by atoms with E-state index in [1.165, 1.54) is 49.6 Å². The maximum atomic E-state index is 5.11. The summed E-state index contributed by atoms with van der Waals surface area (Å²) in [6.45, 7) is 4.69. The summed E-state index contributed by atoms with van der Waals surface area (Å²) in [5, 5.41) is 2.50. The van der Waals surface area contributed by atoms with Gasteiger partial charge in [-0.1, -0.05) is 153 Å². The highest BCUT2D eigenvalue weighted by Gasteiger charge is 2.36. The Morgan fingerprint density at radius 2 is 0.942 bits per heavy atom. The quantitative estimate of drug-likeness (QED) is 0.184. The predicted molar refractivity (Wildman–Crippen MR) is 213 cm³/mol. The van der Waals surface area contributed by atoms with E-state index in [1.807, 2.05) is 36.4 Å². The van der Waals surface area contributed by atoms with Gasteiger partial charge in [0.25, 0.3) is 0 Å². The molecule has 52 heavy (non-hydrogen) atoms. The summed E-state index contributed by atoms with van der Waals surface area (Å²) < 4.78 is 2.39.